The second-order valence-corrected chi connectivity index (χ2v) is 9.41. The van der Waals surface area contributed by atoms with E-state index in [9.17, 15) is 9.59 Å². The molecule has 4 N–H and O–H groups in total. The van der Waals surface area contributed by atoms with E-state index < -0.39 is 0 Å². The van der Waals surface area contributed by atoms with Crippen LogP contribution in [0.5, 0.6) is 0 Å². The van der Waals surface area contributed by atoms with Gasteiger partial charge in [0.1, 0.15) is 0 Å². The number of rotatable bonds is 13. The number of hydrogen-bond donors (Lipinski definition) is 3. The fraction of sp³-hybridized carbons (Fsp3) is 0.500. The number of piperidine rings is 1. The molecule has 0 unspecified atom stereocenters. The standard InChI is InChI=1S/C28H40N4O2/c29-25-13-9-10-14-26(25)31-28(34)16-8-3-1-2-7-15-27(33)30-21-23-17-19-32(20-18-23)22-24-11-5-4-6-12-24/h4-6,9-14,23H,1-3,7-8,15-22,29H2,(H,30,33)(H,31,34). The Labute approximate surface area is 204 Å². The first-order chi connectivity index (χ1) is 16.6. The highest BCUT2D eigenvalue weighted by atomic mass is 16.2. The van der Waals surface area contributed by atoms with E-state index in [0.29, 0.717) is 30.1 Å². The number of anilines is 2. The minimum atomic E-state index is 0.00294. The number of benzene rings is 2. The molecular weight excluding hydrogens is 424 g/mol. The highest BCUT2D eigenvalue weighted by molar-refractivity contribution is 5.93. The van der Waals surface area contributed by atoms with Gasteiger partial charge in [0.25, 0.3) is 0 Å². The van der Waals surface area contributed by atoms with Crippen molar-refractivity contribution in [2.24, 2.45) is 5.92 Å². The van der Waals surface area contributed by atoms with Gasteiger partial charge in [0, 0.05) is 25.9 Å². The van der Waals surface area contributed by atoms with Gasteiger partial charge in [-0.1, -0.05) is 61.7 Å². The minimum absolute atomic E-state index is 0.00294. The van der Waals surface area contributed by atoms with Crippen molar-refractivity contribution in [3.63, 3.8) is 0 Å². The zero-order valence-electron chi connectivity index (χ0n) is 20.3. The molecule has 0 saturated carbocycles. The molecule has 0 aliphatic carbocycles. The molecule has 6 nitrogen and oxygen atoms in total. The van der Waals surface area contributed by atoms with Crippen molar-refractivity contribution >= 4 is 23.2 Å². The topological polar surface area (TPSA) is 87.5 Å². The molecule has 0 spiro atoms. The predicted octanol–water partition coefficient (Wildman–Crippen LogP) is 4.97. The highest BCUT2D eigenvalue weighted by Crippen LogP contribution is 2.19. The van der Waals surface area contributed by atoms with E-state index in [0.717, 1.165) is 71.1 Å². The maximum atomic E-state index is 12.2. The Morgan fingerprint density at radius 2 is 1.44 bits per heavy atom. The number of nitrogen functional groups attached to an aromatic ring is 1. The smallest absolute Gasteiger partial charge is 0.224 e. The minimum Gasteiger partial charge on any atom is -0.397 e. The lowest BCUT2D eigenvalue weighted by atomic mass is 9.96. The monoisotopic (exact) mass is 464 g/mol. The van der Waals surface area contributed by atoms with Crippen molar-refractivity contribution in [1.82, 2.24) is 10.2 Å². The van der Waals surface area contributed by atoms with E-state index in [2.05, 4.69) is 45.9 Å². The molecule has 2 aromatic carbocycles. The van der Waals surface area contributed by atoms with E-state index in [1.807, 2.05) is 18.2 Å². The molecule has 0 radical (unpaired) electrons. The predicted molar refractivity (Wildman–Crippen MR) is 139 cm³/mol. The number of nitrogens with two attached hydrogens (primary N) is 1. The number of para-hydroxylation sites is 2. The molecule has 1 fully saturated rings. The number of likely N-dealkylation sites (tertiary alicyclic amines) is 1. The Balaban J connectivity index is 1.15. The van der Waals surface area contributed by atoms with Gasteiger partial charge in [0.2, 0.25) is 11.8 Å². The summed E-state index contributed by atoms with van der Waals surface area (Å²) < 4.78 is 0. The second-order valence-electron chi connectivity index (χ2n) is 9.41. The van der Waals surface area contributed by atoms with E-state index in [1.165, 1.54) is 5.56 Å². The average Bonchev–Trinajstić information content (AvgIpc) is 2.85. The fourth-order valence-electron chi connectivity index (χ4n) is 4.46. The third-order valence-electron chi connectivity index (χ3n) is 6.59. The number of carbonyl (C=O) groups excluding carboxylic acids is 2. The van der Waals surface area contributed by atoms with Gasteiger partial charge in [-0.3, -0.25) is 14.5 Å². The van der Waals surface area contributed by atoms with Crippen LogP contribution in [0.25, 0.3) is 0 Å². The Morgan fingerprint density at radius 1 is 0.824 bits per heavy atom. The fourth-order valence-corrected chi connectivity index (χ4v) is 4.46. The Morgan fingerprint density at radius 3 is 2.15 bits per heavy atom. The van der Waals surface area contributed by atoms with Crippen LogP contribution in [0.2, 0.25) is 0 Å². The molecule has 1 saturated heterocycles. The largest absolute Gasteiger partial charge is 0.397 e. The number of carbonyl (C=O) groups is 2. The number of nitrogens with one attached hydrogen (secondary N) is 2. The summed E-state index contributed by atoms with van der Waals surface area (Å²) in [4.78, 5) is 26.7. The maximum absolute atomic E-state index is 12.2. The number of amides is 2. The summed E-state index contributed by atoms with van der Waals surface area (Å²) in [5.41, 5.74) is 8.48. The lowest BCUT2D eigenvalue weighted by Crippen LogP contribution is -2.38. The van der Waals surface area contributed by atoms with Gasteiger partial charge in [-0.15, -0.1) is 0 Å². The summed E-state index contributed by atoms with van der Waals surface area (Å²) in [6.45, 7) is 4.03. The van der Waals surface area contributed by atoms with Gasteiger partial charge in [0.15, 0.2) is 0 Å². The number of unbranched alkanes of at least 4 members (excludes halogenated alkanes) is 4. The molecule has 2 aromatic rings. The van der Waals surface area contributed by atoms with Crippen LogP contribution >= 0.6 is 0 Å². The summed E-state index contributed by atoms with van der Waals surface area (Å²) in [6.07, 6.45) is 8.24. The van der Waals surface area contributed by atoms with Crippen LogP contribution < -0.4 is 16.4 Å². The van der Waals surface area contributed by atoms with Gasteiger partial charge in [-0.05, 0) is 62.4 Å². The van der Waals surface area contributed by atoms with Crippen LogP contribution in [-0.4, -0.2) is 36.3 Å². The Hall–Kier alpha value is -2.86. The van der Waals surface area contributed by atoms with Crippen molar-refractivity contribution in [2.45, 2.75) is 64.3 Å². The molecule has 0 bridgehead atoms. The molecule has 2 amide bonds. The lowest BCUT2D eigenvalue weighted by Gasteiger charge is -2.32. The summed E-state index contributed by atoms with van der Waals surface area (Å²) in [5, 5.41) is 6.00. The molecule has 1 heterocycles. The molecule has 1 aliphatic heterocycles. The van der Waals surface area contributed by atoms with Crippen LogP contribution in [-0.2, 0) is 16.1 Å². The highest BCUT2D eigenvalue weighted by Gasteiger charge is 2.19. The first-order valence-corrected chi connectivity index (χ1v) is 12.8. The van der Waals surface area contributed by atoms with Crippen molar-refractivity contribution in [3.05, 3.63) is 60.2 Å². The van der Waals surface area contributed by atoms with Crippen molar-refractivity contribution < 1.29 is 9.59 Å². The Bertz CT molecular complexity index is 879. The lowest BCUT2D eigenvalue weighted by molar-refractivity contribution is -0.121. The molecular formula is C28H40N4O2. The van der Waals surface area contributed by atoms with Crippen molar-refractivity contribution in [2.75, 3.05) is 30.7 Å². The molecule has 0 aromatic heterocycles. The van der Waals surface area contributed by atoms with Crippen LogP contribution in [0, 0.1) is 5.92 Å². The van der Waals surface area contributed by atoms with E-state index >= 15 is 0 Å². The van der Waals surface area contributed by atoms with Gasteiger partial charge in [-0.25, -0.2) is 0 Å². The molecule has 0 atom stereocenters. The van der Waals surface area contributed by atoms with Gasteiger partial charge < -0.3 is 16.4 Å². The van der Waals surface area contributed by atoms with E-state index in [1.54, 1.807) is 6.07 Å². The number of hydrogen-bond acceptors (Lipinski definition) is 4. The van der Waals surface area contributed by atoms with E-state index in [-0.39, 0.29) is 11.8 Å². The normalized spacial score (nSPS) is 14.6. The summed E-state index contributed by atoms with van der Waals surface area (Å²) in [7, 11) is 0. The first-order valence-electron chi connectivity index (χ1n) is 12.8. The summed E-state index contributed by atoms with van der Waals surface area (Å²) in [6, 6.07) is 17.9. The molecule has 6 heteroatoms. The third-order valence-corrected chi connectivity index (χ3v) is 6.59. The average molecular weight is 465 g/mol. The van der Waals surface area contributed by atoms with Gasteiger partial charge >= 0.3 is 0 Å². The molecule has 184 valence electrons. The van der Waals surface area contributed by atoms with Gasteiger partial charge in [-0.2, -0.15) is 0 Å². The molecule has 3 rings (SSSR count). The van der Waals surface area contributed by atoms with Crippen LogP contribution in [0.4, 0.5) is 11.4 Å². The quantitative estimate of drug-likeness (QED) is 0.289. The second kappa shape index (κ2) is 14.4. The van der Waals surface area contributed by atoms with E-state index in [4.69, 9.17) is 5.73 Å². The SMILES string of the molecule is Nc1ccccc1NC(=O)CCCCCCCC(=O)NCC1CCN(Cc2ccccc2)CC1. The first kappa shape index (κ1) is 25.8. The third kappa shape index (κ3) is 9.56. The van der Waals surface area contributed by atoms with Crippen LogP contribution in [0.1, 0.15) is 63.4 Å². The molecule has 1 aliphatic rings. The summed E-state index contributed by atoms with van der Waals surface area (Å²) >= 11 is 0. The summed E-state index contributed by atoms with van der Waals surface area (Å²) in [5.74, 6) is 0.767. The van der Waals surface area contributed by atoms with Crippen molar-refractivity contribution in [1.29, 1.82) is 0 Å². The zero-order valence-corrected chi connectivity index (χ0v) is 20.3. The zero-order chi connectivity index (χ0) is 24.0. The van der Waals surface area contributed by atoms with Crippen LogP contribution in [0.3, 0.4) is 0 Å². The molecule has 34 heavy (non-hydrogen) atoms. The van der Waals surface area contributed by atoms with Gasteiger partial charge in [0.05, 0.1) is 11.4 Å². The van der Waals surface area contributed by atoms with Crippen molar-refractivity contribution in [3.8, 4) is 0 Å². The number of nitrogens with zero attached hydrogens (tertiary/aromatic N) is 1. The Kier molecular flexibility index (Phi) is 10.9. The van der Waals surface area contributed by atoms with Crippen LogP contribution in [0.15, 0.2) is 54.6 Å². The maximum Gasteiger partial charge on any atom is 0.224 e.